The number of ether oxygens (including phenoxy) is 2. The molecule has 2 N–H and O–H groups in total. The fourth-order valence-electron chi connectivity index (χ4n) is 4.64. The molecule has 20 heavy (non-hydrogen) atoms. The number of rotatable bonds is 4. The van der Waals surface area contributed by atoms with Crippen LogP contribution in [0.2, 0.25) is 0 Å². The van der Waals surface area contributed by atoms with Crippen molar-refractivity contribution in [3.63, 3.8) is 0 Å². The third-order valence-electron chi connectivity index (χ3n) is 5.72. The molecule has 2 heterocycles. The molecule has 116 valence electrons. The Bertz CT molecular complexity index is 318. The molecule has 0 aromatic rings. The summed E-state index contributed by atoms with van der Waals surface area (Å²) in [6.45, 7) is 6.85. The van der Waals surface area contributed by atoms with Gasteiger partial charge in [-0.3, -0.25) is 4.90 Å². The molecule has 3 fully saturated rings. The summed E-state index contributed by atoms with van der Waals surface area (Å²) >= 11 is 0. The molecule has 2 aliphatic heterocycles. The van der Waals surface area contributed by atoms with Crippen LogP contribution in [0.15, 0.2) is 0 Å². The van der Waals surface area contributed by atoms with Crippen LogP contribution in [0, 0.1) is 5.92 Å². The number of nitrogens with two attached hydrogens (primary N) is 1. The lowest BCUT2D eigenvalue weighted by Gasteiger charge is -2.45. The highest BCUT2D eigenvalue weighted by atomic mass is 16.6. The van der Waals surface area contributed by atoms with Gasteiger partial charge in [0, 0.05) is 31.7 Å². The highest BCUT2D eigenvalue weighted by Crippen LogP contribution is 2.38. The first-order valence-corrected chi connectivity index (χ1v) is 8.45. The molecule has 0 bridgehead atoms. The minimum atomic E-state index is 0.0210. The molecule has 4 heteroatoms. The molecule has 0 aromatic heterocycles. The van der Waals surface area contributed by atoms with E-state index in [1.807, 2.05) is 0 Å². The molecule has 0 aromatic carbocycles. The topological polar surface area (TPSA) is 47.7 Å². The Morgan fingerprint density at radius 3 is 2.85 bits per heavy atom. The summed E-state index contributed by atoms with van der Waals surface area (Å²) in [4.78, 5) is 2.74. The van der Waals surface area contributed by atoms with Crippen LogP contribution in [0.4, 0.5) is 0 Å². The Kier molecular flexibility index (Phi) is 4.65. The van der Waals surface area contributed by atoms with Crippen molar-refractivity contribution in [1.29, 1.82) is 0 Å². The molecule has 3 aliphatic rings. The second kappa shape index (κ2) is 6.30. The SMILES string of the molecule is CCN(C1CCOC2(CCOC2)C1)C1CCCC1CN. The number of nitrogens with zero attached hydrogens (tertiary/aromatic N) is 1. The van der Waals surface area contributed by atoms with Crippen LogP contribution in [0.1, 0.15) is 45.4 Å². The van der Waals surface area contributed by atoms with Crippen molar-refractivity contribution in [2.45, 2.75) is 63.1 Å². The van der Waals surface area contributed by atoms with Crippen LogP contribution < -0.4 is 5.73 Å². The zero-order chi connectivity index (χ0) is 14.0. The van der Waals surface area contributed by atoms with Gasteiger partial charge in [0.1, 0.15) is 0 Å². The third-order valence-corrected chi connectivity index (χ3v) is 5.72. The molecule has 4 atom stereocenters. The van der Waals surface area contributed by atoms with Crippen LogP contribution in [-0.4, -0.2) is 55.5 Å². The third kappa shape index (κ3) is 2.76. The predicted molar refractivity (Wildman–Crippen MR) is 79.7 cm³/mol. The number of hydrogen-bond donors (Lipinski definition) is 1. The minimum Gasteiger partial charge on any atom is -0.378 e. The van der Waals surface area contributed by atoms with E-state index in [2.05, 4.69) is 11.8 Å². The van der Waals surface area contributed by atoms with E-state index in [0.29, 0.717) is 18.0 Å². The van der Waals surface area contributed by atoms with E-state index in [4.69, 9.17) is 15.2 Å². The van der Waals surface area contributed by atoms with E-state index >= 15 is 0 Å². The fraction of sp³-hybridized carbons (Fsp3) is 1.00. The van der Waals surface area contributed by atoms with Crippen LogP contribution >= 0.6 is 0 Å². The number of hydrogen-bond acceptors (Lipinski definition) is 4. The van der Waals surface area contributed by atoms with Crippen molar-refractivity contribution in [2.24, 2.45) is 11.7 Å². The molecule has 3 rings (SSSR count). The first kappa shape index (κ1) is 14.8. The van der Waals surface area contributed by atoms with Gasteiger partial charge in [-0.05, 0) is 44.7 Å². The second-order valence-electron chi connectivity index (χ2n) is 6.81. The second-order valence-corrected chi connectivity index (χ2v) is 6.81. The van der Waals surface area contributed by atoms with Gasteiger partial charge in [-0.15, -0.1) is 0 Å². The summed E-state index contributed by atoms with van der Waals surface area (Å²) in [5.41, 5.74) is 6.01. The van der Waals surface area contributed by atoms with E-state index in [0.717, 1.165) is 45.8 Å². The van der Waals surface area contributed by atoms with E-state index in [1.54, 1.807) is 0 Å². The first-order valence-electron chi connectivity index (χ1n) is 8.45. The van der Waals surface area contributed by atoms with Crippen molar-refractivity contribution in [3.05, 3.63) is 0 Å². The maximum Gasteiger partial charge on any atom is 0.0951 e. The van der Waals surface area contributed by atoms with Gasteiger partial charge in [0.15, 0.2) is 0 Å². The van der Waals surface area contributed by atoms with Gasteiger partial charge in [-0.25, -0.2) is 0 Å². The normalized spacial score (nSPS) is 41.9. The Morgan fingerprint density at radius 1 is 1.25 bits per heavy atom. The molecule has 1 saturated carbocycles. The maximum atomic E-state index is 6.09. The van der Waals surface area contributed by atoms with Crippen LogP contribution in [0.5, 0.6) is 0 Å². The van der Waals surface area contributed by atoms with Crippen molar-refractivity contribution < 1.29 is 9.47 Å². The molecule has 1 spiro atoms. The van der Waals surface area contributed by atoms with Crippen molar-refractivity contribution >= 4 is 0 Å². The monoisotopic (exact) mass is 282 g/mol. The molecule has 0 amide bonds. The van der Waals surface area contributed by atoms with Gasteiger partial charge in [0.25, 0.3) is 0 Å². The molecule has 4 unspecified atom stereocenters. The smallest absolute Gasteiger partial charge is 0.0951 e. The summed E-state index contributed by atoms with van der Waals surface area (Å²) in [6.07, 6.45) is 7.39. The average Bonchev–Trinajstić information content (AvgIpc) is 3.10. The standard InChI is InChI=1S/C16H30N2O2/c1-2-18(15-5-3-4-13(15)11-17)14-6-8-20-16(10-14)7-9-19-12-16/h13-15H,2-12,17H2,1H3. The zero-order valence-corrected chi connectivity index (χ0v) is 12.9. The largest absolute Gasteiger partial charge is 0.378 e. The zero-order valence-electron chi connectivity index (χ0n) is 12.9. The fourth-order valence-corrected chi connectivity index (χ4v) is 4.64. The lowest BCUT2D eigenvalue weighted by Crippen LogP contribution is -2.53. The Morgan fingerprint density at radius 2 is 2.15 bits per heavy atom. The van der Waals surface area contributed by atoms with E-state index in [1.165, 1.54) is 25.7 Å². The molecular weight excluding hydrogens is 252 g/mol. The van der Waals surface area contributed by atoms with Gasteiger partial charge in [-0.1, -0.05) is 13.3 Å². The molecule has 2 saturated heterocycles. The van der Waals surface area contributed by atoms with Gasteiger partial charge >= 0.3 is 0 Å². The highest BCUT2D eigenvalue weighted by Gasteiger charge is 2.44. The van der Waals surface area contributed by atoms with E-state index in [9.17, 15) is 0 Å². The summed E-state index contributed by atoms with van der Waals surface area (Å²) in [5.74, 6) is 0.702. The molecule has 1 aliphatic carbocycles. The first-order chi connectivity index (χ1) is 9.78. The Labute approximate surface area is 123 Å². The van der Waals surface area contributed by atoms with Gasteiger partial charge in [-0.2, -0.15) is 0 Å². The summed E-state index contributed by atoms with van der Waals surface area (Å²) in [5, 5.41) is 0. The molecular formula is C16H30N2O2. The lowest BCUT2D eigenvalue weighted by molar-refractivity contribution is -0.112. The van der Waals surface area contributed by atoms with Gasteiger partial charge < -0.3 is 15.2 Å². The van der Waals surface area contributed by atoms with Gasteiger partial charge in [0.2, 0.25) is 0 Å². The van der Waals surface area contributed by atoms with Crippen LogP contribution in [0.25, 0.3) is 0 Å². The van der Waals surface area contributed by atoms with Gasteiger partial charge in [0.05, 0.1) is 12.2 Å². The van der Waals surface area contributed by atoms with E-state index in [-0.39, 0.29) is 5.60 Å². The average molecular weight is 282 g/mol. The Balaban J connectivity index is 1.69. The van der Waals surface area contributed by atoms with E-state index < -0.39 is 0 Å². The van der Waals surface area contributed by atoms with Crippen molar-refractivity contribution in [1.82, 2.24) is 4.90 Å². The quantitative estimate of drug-likeness (QED) is 0.854. The summed E-state index contributed by atoms with van der Waals surface area (Å²) in [6, 6.07) is 1.36. The molecule has 4 nitrogen and oxygen atoms in total. The minimum absolute atomic E-state index is 0.0210. The highest BCUT2D eigenvalue weighted by molar-refractivity contribution is 4.96. The van der Waals surface area contributed by atoms with Crippen molar-refractivity contribution in [2.75, 3.05) is 32.9 Å². The van der Waals surface area contributed by atoms with Crippen molar-refractivity contribution in [3.8, 4) is 0 Å². The van der Waals surface area contributed by atoms with Crippen LogP contribution in [0.3, 0.4) is 0 Å². The van der Waals surface area contributed by atoms with Crippen LogP contribution in [-0.2, 0) is 9.47 Å². The maximum absolute atomic E-state index is 6.09. The lowest BCUT2D eigenvalue weighted by atomic mass is 9.87. The summed E-state index contributed by atoms with van der Waals surface area (Å²) in [7, 11) is 0. The molecule has 0 radical (unpaired) electrons. The summed E-state index contributed by atoms with van der Waals surface area (Å²) < 4.78 is 11.7. The predicted octanol–water partition coefficient (Wildman–Crippen LogP) is 1.77. The Hall–Kier alpha value is -0.160.